The minimum absolute atomic E-state index is 0.281. The summed E-state index contributed by atoms with van der Waals surface area (Å²) in [6, 6.07) is 0. The van der Waals surface area contributed by atoms with Crippen LogP contribution in [0.2, 0.25) is 0 Å². The van der Waals surface area contributed by atoms with E-state index in [9.17, 15) is 9.90 Å². The molecule has 102 valence electrons. The van der Waals surface area contributed by atoms with Crippen LogP contribution in [-0.4, -0.2) is 29.6 Å². The van der Waals surface area contributed by atoms with Gasteiger partial charge in [-0.2, -0.15) is 0 Å². The van der Waals surface area contributed by atoms with E-state index in [0.717, 1.165) is 19.3 Å². The van der Waals surface area contributed by atoms with Crippen LogP contribution in [-0.2, 0) is 14.3 Å². The van der Waals surface area contributed by atoms with Crippen molar-refractivity contribution in [1.82, 2.24) is 0 Å². The summed E-state index contributed by atoms with van der Waals surface area (Å²) in [4.78, 5) is 11.6. The van der Waals surface area contributed by atoms with Crippen LogP contribution in [0.4, 0.5) is 0 Å². The second-order valence-electron chi connectivity index (χ2n) is 6.42. The van der Waals surface area contributed by atoms with E-state index in [1.807, 2.05) is 0 Å². The van der Waals surface area contributed by atoms with Crippen molar-refractivity contribution >= 4 is 5.97 Å². The summed E-state index contributed by atoms with van der Waals surface area (Å²) in [5.74, 6) is -0.853. The molecule has 5 atom stereocenters. The molecule has 1 N–H and O–H groups in total. The predicted molar refractivity (Wildman–Crippen MR) is 66.9 cm³/mol. The minimum atomic E-state index is -1.24. The second kappa shape index (κ2) is 3.30. The highest BCUT2D eigenvalue weighted by Gasteiger charge is 2.72. The Kier molecular flexibility index (Phi) is 2.03. The fourth-order valence-corrected chi connectivity index (χ4v) is 4.54. The summed E-state index contributed by atoms with van der Waals surface area (Å²) in [5.41, 5.74) is 1.45. The van der Waals surface area contributed by atoms with Crippen LogP contribution in [0.3, 0.4) is 0 Å². The lowest BCUT2D eigenvalue weighted by Crippen LogP contribution is -2.61. The molecule has 0 amide bonds. The van der Waals surface area contributed by atoms with Gasteiger partial charge in [0.25, 0.3) is 5.79 Å². The van der Waals surface area contributed by atoms with Gasteiger partial charge in [-0.25, -0.2) is 4.79 Å². The molecule has 2 spiro atoms. The van der Waals surface area contributed by atoms with E-state index in [0.29, 0.717) is 24.0 Å². The SMILES string of the molecule is C=C1CC[C@H]2C[C@@H]1[C@@]21CO[C@@]2(C=C(C)C(=O)O2)[C@H]1O. The van der Waals surface area contributed by atoms with E-state index in [-0.39, 0.29) is 11.4 Å². The maximum absolute atomic E-state index is 11.6. The Labute approximate surface area is 112 Å². The third kappa shape index (κ3) is 1.15. The van der Waals surface area contributed by atoms with Crippen molar-refractivity contribution in [2.24, 2.45) is 17.3 Å². The number of aliphatic hydroxyl groups excluding tert-OH is 1. The largest absolute Gasteiger partial charge is 0.423 e. The first-order valence-corrected chi connectivity index (χ1v) is 6.92. The smallest absolute Gasteiger partial charge is 0.336 e. The third-order valence-corrected chi connectivity index (χ3v) is 5.67. The summed E-state index contributed by atoms with van der Waals surface area (Å²) in [6.07, 6.45) is 4.06. The molecule has 3 aliphatic carbocycles. The molecule has 4 nitrogen and oxygen atoms in total. The number of fused-ring (bicyclic) bond motifs is 2. The van der Waals surface area contributed by atoms with Gasteiger partial charge in [0.2, 0.25) is 0 Å². The zero-order valence-electron chi connectivity index (χ0n) is 11.0. The van der Waals surface area contributed by atoms with Gasteiger partial charge in [-0.05, 0) is 44.1 Å². The Morgan fingerprint density at radius 3 is 2.89 bits per heavy atom. The number of carbonyl (C=O) groups is 1. The van der Waals surface area contributed by atoms with Crippen molar-refractivity contribution in [3.05, 3.63) is 23.8 Å². The number of aliphatic hydroxyl groups is 1. The Balaban J connectivity index is 1.72. The molecule has 5 rings (SSSR count). The highest BCUT2D eigenvalue weighted by atomic mass is 16.7. The third-order valence-electron chi connectivity index (χ3n) is 5.67. The van der Waals surface area contributed by atoms with E-state index < -0.39 is 11.9 Å². The zero-order valence-corrected chi connectivity index (χ0v) is 11.0. The Hall–Kier alpha value is -1.13. The number of allylic oxidation sites excluding steroid dienone is 1. The van der Waals surface area contributed by atoms with Crippen molar-refractivity contribution in [2.45, 2.75) is 38.1 Å². The molecule has 0 aromatic heterocycles. The molecule has 0 unspecified atom stereocenters. The average molecular weight is 262 g/mol. The van der Waals surface area contributed by atoms with Crippen LogP contribution in [0, 0.1) is 17.3 Å². The summed E-state index contributed by atoms with van der Waals surface area (Å²) in [6.45, 7) is 6.29. The van der Waals surface area contributed by atoms with Crippen LogP contribution in [0.15, 0.2) is 23.8 Å². The van der Waals surface area contributed by atoms with Gasteiger partial charge in [0.05, 0.1) is 6.61 Å². The van der Waals surface area contributed by atoms with Crippen molar-refractivity contribution in [1.29, 1.82) is 0 Å². The van der Waals surface area contributed by atoms with Gasteiger partial charge in [-0.3, -0.25) is 0 Å². The van der Waals surface area contributed by atoms with E-state index in [2.05, 4.69) is 6.58 Å². The number of esters is 1. The van der Waals surface area contributed by atoms with E-state index >= 15 is 0 Å². The topological polar surface area (TPSA) is 55.8 Å². The first-order chi connectivity index (χ1) is 8.99. The number of ether oxygens (including phenoxy) is 2. The second-order valence-corrected chi connectivity index (χ2v) is 6.42. The highest BCUT2D eigenvalue weighted by molar-refractivity contribution is 5.90. The lowest BCUT2D eigenvalue weighted by Gasteiger charge is -2.60. The van der Waals surface area contributed by atoms with E-state index in [4.69, 9.17) is 9.47 Å². The monoisotopic (exact) mass is 262 g/mol. The van der Waals surface area contributed by atoms with Gasteiger partial charge < -0.3 is 14.6 Å². The predicted octanol–water partition coefficient (Wildman–Crippen LogP) is 1.55. The zero-order chi connectivity index (χ0) is 13.4. The highest BCUT2D eigenvalue weighted by Crippen LogP contribution is 2.67. The molecule has 19 heavy (non-hydrogen) atoms. The molecule has 2 heterocycles. The number of rotatable bonds is 0. The maximum atomic E-state index is 11.6. The van der Waals surface area contributed by atoms with Crippen molar-refractivity contribution in [3.8, 4) is 0 Å². The van der Waals surface area contributed by atoms with Crippen molar-refractivity contribution in [2.75, 3.05) is 6.61 Å². The molecule has 2 aliphatic heterocycles. The molecule has 0 radical (unpaired) electrons. The Bertz CT molecular complexity index is 520. The molecule has 4 heteroatoms. The molecule has 0 aromatic rings. The van der Waals surface area contributed by atoms with Gasteiger partial charge in [-0.15, -0.1) is 0 Å². The molecule has 4 fully saturated rings. The van der Waals surface area contributed by atoms with Gasteiger partial charge in [-0.1, -0.05) is 12.2 Å². The fourth-order valence-electron chi connectivity index (χ4n) is 4.54. The quantitative estimate of drug-likeness (QED) is 0.531. The number of hydrogen-bond donors (Lipinski definition) is 1. The van der Waals surface area contributed by atoms with Crippen LogP contribution in [0.5, 0.6) is 0 Å². The summed E-state index contributed by atoms with van der Waals surface area (Å²) >= 11 is 0. The van der Waals surface area contributed by atoms with Gasteiger partial charge >= 0.3 is 5.97 Å². The van der Waals surface area contributed by atoms with E-state index in [1.54, 1.807) is 13.0 Å². The lowest BCUT2D eigenvalue weighted by atomic mass is 9.44. The molecule has 3 saturated carbocycles. The summed E-state index contributed by atoms with van der Waals surface area (Å²) in [5, 5.41) is 10.8. The normalized spacial score (nSPS) is 51.5. The molecular weight excluding hydrogens is 244 g/mol. The molecular formula is C15H18O4. The van der Waals surface area contributed by atoms with Crippen LogP contribution in [0.25, 0.3) is 0 Å². The van der Waals surface area contributed by atoms with Crippen LogP contribution in [0.1, 0.15) is 26.2 Å². The van der Waals surface area contributed by atoms with Gasteiger partial charge in [0.15, 0.2) is 0 Å². The summed E-state index contributed by atoms with van der Waals surface area (Å²) in [7, 11) is 0. The summed E-state index contributed by atoms with van der Waals surface area (Å²) < 4.78 is 11.1. The molecule has 5 aliphatic rings. The maximum Gasteiger partial charge on any atom is 0.336 e. The van der Waals surface area contributed by atoms with Gasteiger partial charge in [0, 0.05) is 11.0 Å². The number of carbonyl (C=O) groups excluding carboxylic acids is 1. The fraction of sp³-hybridized carbons (Fsp3) is 0.667. The standard InChI is InChI=1S/C15H18O4/c1-8-3-4-10-5-11(8)14(10)7-18-15(13(14)17)6-9(2)12(16)19-15/h6,10-11,13,17H,1,3-5,7H2,2H3/t10-,11-,13-,14+,15+/m0/s1. The first-order valence-electron chi connectivity index (χ1n) is 6.92. The minimum Gasteiger partial charge on any atom is -0.423 e. The van der Waals surface area contributed by atoms with E-state index in [1.165, 1.54) is 5.57 Å². The molecule has 1 saturated heterocycles. The lowest BCUT2D eigenvalue weighted by molar-refractivity contribution is -0.213. The average Bonchev–Trinajstić information content (AvgIpc) is 2.80. The van der Waals surface area contributed by atoms with Crippen LogP contribution < -0.4 is 0 Å². The van der Waals surface area contributed by atoms with Gasteiger partial charge in [0.1, 0.15) is 6.10 Å². The Morgan fingerprint density at radius 1 is 1.53 bits per heavy atom. The molecule has 0 aromatic carbocycles. The van der Waals surface area contributed by atoms with Crippen LogP contribution >= 0.6 is 0 Å². The number of hydrogen-bond acceptors (Lipinski definition) is 4. The van der Waals surface area contributed by atoms with Crippen molar-refractivity contribution < 1.29 is 19.4 Å². The molecule has 2 bridgehead atoms. The van der Waals surface area contributed by atoms with Crippen molar-refractivity contribution in [3.63, 3.8) is 0 Å². The first kappa shape index (κ1) is 11.7. The Morgan fingerprint density at radius 2 is 2.32 bits per heavy atom.